The van der Waals surface area contributed by atoms with Gasteiger partial charge in [0.25, 0.3) is 0 Å². The summed E-state index contributed by atoms with van der Waals surface area (Å²) in [7, 11) is -3.79. The van der Waals surface area contributed by atoms with Gasteiger partial charge < -0.3 is 15.4 Å². The molecule has 1 heterocycles. The fourth-order valence-electron chi connectivity index (χ4n) is 2.45. The summed E-state index contributed by atoms with van der Waals surface area (Å²) < 4.78 is 28.4. The number of carbonyl (C=O) groups is 2. The Morgan fingerprint density at radius 2 is 1.68 bits per heavy atom. The van der Waals surface area contributed by atoms with Crippen molar-refractivity contribution in [3.63, 3.8) is 0 Å². The third-order valence-electron chi connectivity index (χ3n) is 3.69. The van der Waals surface area contributed by atoms with E-state index in [1.807, 2.05) is 0 Å². The van der Waals surface area contributed by atoms with Crippen molar-refractivity contribution in [3.8, 4) is 0 Å². The third kappa shape index (κ3) is 4.66. The van der Waals surface area contributed by atoms with Gasteiger partial charge in [-0.1, -0.05) is 0 Å². The van der Waals surface area contributed by atoms with Gasteiger partial charge in [0, 0.05) is 16.1 Å². The summed E-state index contributed by atoms with van der Waals surface area (Å²) in [6, 6.07) is 12.0. The molecule has 0 saturated heterocycles. The molecule has 0 atom stereocenters. The van der Waals surface area contributed by atoms with Gasteiger partial charge in [-0.05, 0) is 60.8 Å². The standard InChI is InChI=1S/C18H17N3O5S2/c1-2-26-17(22)16-10-11-9-13(5-8-15(11)27-16)21-18(23)20-12-3-6-14(7-4-12)28(19,24)25/h3-10H,2H2,1H3,(H2,19,24,25)(H2,20,21,23). The van der Waals surface area contributed by atoms with Crippen LogP contribution in [-0.4, -0.2) is 27.0 Å². The van der Waals surface area contributed by atoms with Crippen LogP contribution in [0.15, 0.2) is 53.4 Å². The van der Waals surface area contributed by atoms with Crippen LogP contribution >= 0.6 is 11.3 Å². The molecule has 0 unspecified atom stereocenters. The van der Waals surface area contributed by atoms with E-state index in [0.29, 0.717) is 22.9 Å². The first-order chi connectivity index (χ1) is 13.3. The molecule has 28 heavy (non-hydrogen) atoms. The highest BCUT2D eigenvalue weighted by atomic mass is 32.2. The Bertz CT molecular complexity index is 1140. The van der Waals surface area contributed by atoms with E-state index in [-0.39, 0.29) is 10.9 Å². The largest absolute Gasteiger partial charge is 0.462 e. The van der Waals surface area contributed by atoms with E-state index in [4.69, 9.17) is 9.88 Å². The summed E-state index contributed by atoms with van der Waals surface area (Å²) in [6.45, 7) is 2.05. The van der Waals surface area contributed by atoms with Gasteiger partial charge in [0.1, 0.15) is 4.88 Å². The molecule has 4 N–H and O–H groups in total. The van der Waals surface area contributed by atoms with Crippen LogP contribution in [0.2, 0.25) is 0 Å². The fraction of sp³-hybridized carbons (Fsp3) is 0.111. The third-order valence-corrected chi connectivity index (χ3v) is 5.72. The van der Waals surface area contributed by atoms with Gasteiger partial charge in [-0.3, -0.25) is 0 Å². The first-order valence-corrected chi connectivity index (χ1v) is 10.5. The molecule has 0 saturated carbocycles. The number of carbonyl (C=O) groups excluding carboxylic acids is 2. The number of sulfonamides is 1. The number of nitrogens with two attached hydrogens (primary N) is 1. The lowest BCUT2D eigenvalue weighted by atomic mass is 10.2. The minimum atomic E-state index is -3.79. The number of nitrogens with one attached hydrogen (secondary N) is 2. The smallest absolute Gasteiger partial charge is 0.348 e. The van der Waals surface area contributed by atoms with Crippen molar-refractivity contribution in [2.75, 3.05) is 17.2 Å². The van der Waals surface area contributed by atoms with Crippen LogP contribution in [0, 0.1) is 0 Å². The number of urea groups is 1. The minimum absolute atomic E-state index is 0.0428. The molecule has 3 rings (SSSR count). The van der Waals surface area contributed by atoms with Crippen molar-refractivity contribution in [1.82, 2.24) is 0 Å². The molecule has 0 radical (unpaired) electrons. The van der Waals surface area contributed by atoms with Gasteiger partial charge in [-0.25, -0.2) is 23.1 Å². The molecule has 2 amide bonds. The highest BCUT2D eigenvalue weighted by molar-refractivity contribution is 7.89. The van der Waals surface area contributed by atoms with E-state index in [1.165, 1.54) is 35.6 Å². The van der Waals surface area contributed by atoms with Gasteiger partial charge in [-0.2, -0.15) is 0 Å². The van der Waals surface area contributed by atoms with E-state index < -0.39 is 16.1 Å². The number of amides is 2. The molecule has 0 aliphatic heterocycles. The lowest BCUT2D eigenvalue weighted by molar-refractivity contribution is 0.0532. The highest BCUT2D eigenvalue weighted by Crippen LogP contribution is 2.28. The summed E-state index contributed by atoms with van der Waals surface area (Å²) in [5.74, 6) is -0.376. The summed E-state index contributed by atoms with van der Waals surface area (Å²) in [4.78, 5) is 24.4. The number of fused-ring (bicyclic) bond motifs is 1. The topological polar surface area (TPSA) is 128 Å². The molecule has 0 bridgehead atoms. The lowest BCUT2D eigenvalue weighted by Gasteiger charge is -2.08. The van der Waals surface area contributed by atoms with Crippen LogP contribution in [0.4, 0.5) is 16.2 Å². The second kappa shape index (κ2) is 7.97. The van der Waals surface area contributed by atoms with Gasteiger partial charge in [0.05, 0.1) is 11.5 Å². The van der Waals surface area contributed by atoms with Crippen LogP contribution in [0.1, 0.15) is 16.6 Å². The van der Waals surface area contributed by atoms with Crippen molar-refractivity contribution in [2.24, 2.45) is 5.14 Å². The maximum atomic E-state index is 12.2. The quantitative estimate of drug-likeness (QED) is 0.546. The molecule has 0 fully saturated rings. The van der Waals surface area contributed by atoms with Gasteiger partial charge >= 0.3 is 12.0 Å². The number of esters is 1. The first kappa shape index (κ1) is 19.8. The van der Waals surface area contributed by atoms with E-state index in [9.17, 15) is 18.0 Å². The predicted octanol–water partition coefficient (Wildman–Crippen LogP) is 3.37. The molecule has 8 nitrogen and oxygen atoms in total. The monoisotopic (exact) mass is 419 g/mol. The minimum Gasteiger partial charge on any atom is -0.462 e. The van der Waals surface area contributed by atoms with Gasteiger partial charge in [0.2, 0.25) is 10.0 Å². The average Bonchev–Trinajstić information content (AvgIpc) is 3.05. The Hall–Kier alpha value is -2.95. The Balaban J connectivity index is 1.69. The zero-order chi connectivity index (χ0) is 20.3. The van der Waals surface area contributed by atoms with Gasteiger partial charge in [-0.15, -0.1) is 11.3 Å². The summed E-state index contributed by atoms with van der Waals surface area (Å²) in [5, 5.41) is 11.1. The molecular formula is C18H17N3O5S2. The van der Waals surface area contributed by atoms with Crippen LogP contribution < -0.4 is 15.8 Å². The maximum Gasteiger partial charge on any atom is 0.348 e. The van der Waals surface area contributed by atoms with Crippen LogP contribution in [-0.2, 0) is 14.8 Å². The van der Waals surface area contributed by atoms with Crippen LogP contribution in [0.3, 0.4) is 0 Å². The zero-order valence-electron chi connectivity index (χ0n) is 14.8. The number of benzene rings is 2. The van der Waals surface area contributed by atoms with E-state index >= 15 is 0 Å². The number of anilines is 2. The highest BCUT2D eigenvalue weighted by Gasteiger charge is 2.12. The zero-order valence-corrected chi connectivity index (χ0v) is 16.4. The number of primary sulfonamides is 1. The van der Waals surface area contributed by atoms with Crippen molar-refractivity contribution in [3.05, 3.63) is 53.4 Å². The molecule has 0 aliphatic rings. The summed E-state index contributed by atoms with van der Waals surface area (Å²) in [5.41, 5.74) is 0.950. The molecule has 1 aromatic heterocycles. The van der Waals surface area contributed by atoms with Crippen molar-refractivity contribution >= 4 is 54.8 Å². The second-order valence-electron chi connectivity index (χ2n) is 5.73. The van der Waals surface area contributed by atoms with Crippen LogP contribution in [0.25, 0.3) is 10.1 Å². The SMILES string of the molecule is CCOC(=O)c1cc2cc(NC(=O)Nc3ccc(S(N)(=O)=O)cc3)ccc2s1. The number of hydrogen-bond acceptors (Lipinski definition) is 6. The molecule has 0 spiro atoms. The fourth-order valence-corrected chi connectivity index (χ4v) is 3.90. The van der Waals surface area contributed by atoms with E-state index in [2.05, 4.69) is 10.6 Å². The number of thiophene rings is 1. The Morgan fingerprint density at radius 3 is 2.32 bits per heavy atom. The first-order valence-electron chi connectivity index (χ1n) is 8.18. The maximum absolute atomic E-state index is 12.2. The molecule has 10 heteroatoms. The van der Waals surface area contributed by atoms with Crippen molar-refractivity contribution in [2.45, 2.75) is 11.8 Å². The summed E-state index contributed by atoms with van der Waals surface area (Å²) >= 11 is 1.32. The molecular weight excluding hydrogens is 402 g/mol. The van der Waals surface area contributed by atoms with Crippen molar-refractivity contribution < 1.29 is 22.7 Å². The molecule has 3 aromatic rings. The number of ether oxygens (including phenoxy) is 1. The normalized spacial score (nSPS) is 11.2. The number of hydrogen-bond donors (Lipinski definition) is 3. The lowest BCUT2D eigenvalue weighted by Crippen LogP contribution is -2.19. The van der Waals surface area contributed by atoms with Crippen molar-refractivity contribution in [1.29, 1.82) is 0 Å². The Labute approximate surface area is 165 Å². The van der Waals surface area contributed by atoms with Crippen LogP contribution in [0.5, 0.6) is 0 Å². The van der Waals surface area contributed by atoms with E-state index in [1.54, 1.807) is 31.2 Å². The Kier molecular flexibility index (Phi) is 5.63. The number of rotatable bonds is 5. The summed E-state index contributed by atoms with van der Waals surface area (Å²) in [6.07, 6.45) is 0. The second-order valence-corrected chi connectivity index (χ2v) is 8.38. The van der Waals surface area contributed by atoms with E-state index in [0.717, 1.165) is 10.1 Å². The van der Waals surface area contributed by atoms with Gasteiger partial charge in [0.15, 0.2) is 0 Å². The molecule has 146 valence electrons. The Morgan fingerprint density at radius 1 is 1.04 bits per heavy atom. The molecule has 0 aliphatic carbocycles. The molecule has 2 aromatic carbocycles. The average molecular weight is 419 g/mol. The predicted molar refractivity (Wildman–Crippen MR) is 108 cm³/mol.